The van der Waals surface area contributed by atoms with Crippen LogP contribution in [0, 0.1) is 17.5 Å². The number of hydrogen-bond acceptors (Lipinski definition) is 2. The number of urea groups is 1. The van der Waals surface area contributed by atoms with Crippen molar-refractivity contribution in [2.24, 2.45) is 0 Å². The molecule has 2 fully saturated rings. The third-order valence-corrected chi connectivity index (χ3v) is 5.16. The Bertz CT molecular complexity index is 852. The molecule has 0 spiro atoms. The van der Waals surface area contributed by atoms with Crippen LogP contribution < -0.4 is 4.90 Å². The molecular formula is C19H17F3N2O2. The summed E-state index contributed by atoms with van der Waals surface area (Å²) in [5.41, 5.74) is -0.115. The van der Waals surface area contributed by atoms with Gasteiger partial charge in [0.1, 0.15) is 23.1 Å². The maximum Gasteiger partial charge on any atom is 0.324 e. The van der Waals surface area contributed by atoms with Gasteiger partial charge in [0, 0.05) is 30.4 Å². The first-order chi connectivity index (χ1) is 12.4. The molecule has 2 aromatic carbocycles. The minimum atomic E-state index is -0.966. The van der Waals surface area contributed by atoms with Crippen LogP contribution in [0.4, 0.5) is 23.7 Å². The molecule has 2 aliphatic rings. The lowest BCUT2D eigenvalue weighted by atomic mass is 9.91. The van der Waals surface area contributed by atoms with Crippen molar-refractivity contribution in [3.63, 3.8) is 0 Å². The van der Waals surface area contributed by atoms with E-state index in [4.69, 9.17) is 4.74 Å². The number of rotatable bonds is 4. The molecule has 2 saturated heterocycles. The van der Waals surface area contributed by atoms with Crippen molar-refractivity contribution in [1.29, 1.82) is 0 Å². The molecule has 2 heterocycles. The average molecular weight is 362 g/mol. The van der Waals surface area contributed by atoms with Crippen LogP contribution in [-0.4, -0.2) is 36.7 Å². The van der Waals surface area contributed by atoms with Crippen molar-refractivity contribution in [3.05, 3.63) is 65.5 Å². The molecule has 2 amide bonds. The summed E-state index contributed by atoms with van der Waals surface area (Å²) in [5.74, 6) is -1.71. The number of amides is 2. The van der Waals surface area contributed by atoms with E-state index in [9.17, 15) is 18.0 Å². The number of carbonyl (C=O) groups excluding carboxylic acids is 1. The van der Waals surface area contributed by atoms with E-state index in [1.54, 1.807) is 28.9 Å². The summed E-state index contributed by atoms with van der Waals surface area (Å²) in [5, 5.41) is 0. The zero-order valence-electron chi connectivity index (χ0n) is 14.1. The zero-order valence-corrected chi connectivity index (χ0v) is 14.1. The lowest BCUT2D eigenvalue weighted by Gasteiger charge is -2.30. The molecule has 0 unspecified atom stereocenters. The van der Waals surface area contributed by atoms with E-state index in [0.29, 0.717) is 18.8 Å². The van der Waals surface area contributed by atoms with E-state index in [2.05, 4.69) is 0 Å². The highest BCUT2D eigenvalue weighted by atomic mass is 19.1. The summed E-state index contributed by atoms with van der Waals surface area (Å²) in [7, 11) is 0. The fraction of sp³-hybridized carbons (Fsp3) is 0.316. The second-order valence-corrected chi connectivity index (χ2v) is 6.58. The van der Waals surface area contributed by atoms with E-state index in [0.717, 1.165) is 6.07 Å². The molecule has 0 saturated carbocycles. The van der Waals surface area contributed by atoms with Gasteiger partial charge in [-0.05, 0) is 37.3 Å². The molecule has 2 atom stereocenters. The van der Waals surface area contributed by atoms with Crippen LogP contribution in [-0.2, 0) is 10.3 Å². The Morgan fingerprint density at radius 1 is 1.04 bits per heavy atom. The Labute approximate surface area is 148 Å². The number of ether oxygens (including phenoxy) is 1. The van der Waals surface area contributed by atoms with Gasteiger partial charge in [0.05, 0.1) is 12.6 Å². The second-order valence-electron chi connectivity index (χ2n) is 6.58. The molecule has 26 heavy (non-hydrogen) atoms. The van der Waals surface area contributed by atoms with Crippen molar-refractivity contribution in [2.45, 2.75) is 18.6 Å². The molecule has 4 nitrogen and oxygen atoms in total. The Balaban J connectivity index is 1.58. The average Bonchev–Trinajstić information content (AvgIpc) is 3.32. The minimum absolute atomic E-state index is 0.249. The molecule has 0 radical (unpaired) electrons. The molecule has 2 aromatic rings. The summed E-state index contributed by atoms with van der Waals surface area (Å²) in [6, 6.07) is 8.39. The first-order valence-corrected chi connectivity index (χ1v) is 8.35. The largest absolute Gasteiger partial charge is 0.362 e. The summed E-state index contributed by atoms with van der Waals surface area (Å²) < 4.78 is 46.1. The molecule has 136 valence electrons. The van der Waals surface area contributed by atoms with Crippen molar-refractivity contribution in [1.82, 2.24) is 4.90 Å². The Morgan fingerprint density at radius 2 is 1.69 bits per heavy atom. The van der Waals surface area contributed by atoms with Crippen molar-refractivity contribution in [2.75, 3.05) is 24.6 Å². The van der Waals surface area contributed by atoms with Crippen LogP contribution in [0.15, 0.2) is 42.5 Å². The van der Waals surface area contributed by atoms with E-state index < -0.39 is 23.3 Å². The van der Waals surface area contributed by atoms with Crippen LogP contribution in [0.2, 0.25) is 0 Å². The van der Waals surface area contributed by atoms with Gasteiger partial charge in [0.2, 0.25) is 0 Å². The van der Waals surface area contributed by atoms with Gasteiger partial charge in [0.25, 0.3) is 0 Å². The van der Waals surface area contributed by atoms with Gasteiger partial charge in [-0.1, -0.05) is 6.07 Å². The van der Waals surface area contributed by atoms with Crippen LogP contribution in [0.5, 0.6) is 0 Å². The number of halogens is 3. The highest BCUT2D eigenvalue weighted by molar-refractivity contribution is 5.94. The second kappa shape index (κ2) is 6.02. The predicted octanol–water partition coefficient (Wildman–Crippen LogP) is 3.66. The lowest BCUT2D eigenvalue weighted by molar-refractivity contribution is 0.148. The van der Waals surface area contributed by atoms with Gasteiger partial charge in [-0.3, -0.25) is 4.90 Å². The molecule has 0 aromatic heterocycles. The zero-order chi connectivity index (χ0) is 18.5. The topological polar surface area (TPSA) is 36.1 Å². The third-order valence-electron chi connectivity index (χ3n) is 5.16. The van der Waals surface area contributed by atoms with Crippen LogP contribution >= 0.6 is 0 Å². The Hall–Kier alpha value is -2.54. The minimum Gasteiger partial charge on any atom is -0.362 e. The molecule has 7 heteroatoms. The normalized spacial score (nSPS) is 23.5. The molecule has 0 N–H and O–H groups in total. The van der Waals surface area contributed by atoms with Gasteiger partial charge in [-0.2, -0.15) is 0 Å². The highest BCUT2D eigenvalue weighted by Gasteiger charge is 2.56. The van der Waals surface area contributed by atoms with Crippen LogP contribution in [0.1, 0.15) is 12.5 Å². The Morgan fingerprint density at radius 3 is 2.31 bits per heavy atom. The summed E-state index contributed by atoms with van der Waals surface area (Å²) in [6.45, 7) is 2.93. The van der Waals surface area contributed by atoms with Crippen LogP contribution in [0.25, 0.3) is 0 Å². The SMILES string of the molecule is C[C@@H](N1CCN(c2ccc(F)cc2)C1=O)[C@]1(c2ccc(F)cc2F)CO1. The van der Waals surface area contributed by atoms with Gasteiger partial charge in [-0.15, -0.1) is 0 Å². The number of nitrogens with zero attached hydrogens (tertiary/aromatic N) is 2. The van der Waals surface area contributed by atoms with Crippen molar-refractivity contribution in [3.8, 4) is 0 Å². The fourth-order valence-electron chi connectivity index (χ4n) is 3.56. The highest BCUT2D eigenvalue weighted by Crippen LogP contribution is 2.46. The Kier molecular flexibility index (Phi) is 3.91. The standard InChI is InChI=1S/C19H17F3N2O2/c1-12(19(11-26-19)16-7-4-14(21)10-17(16)22)23-8-9-24(18(23)25)15-5-2-13(20)3-6-15/h2-7,10,12H,8-9,11H2,1H3/t12-,19+/m1/s1. The van der Waals surface area contributed by atoms with E-state index in [1.165, 1.54) is 24.3 Å². The number of carbonyl (C=O) groups is 1. The van der Waals surface area contributed by atoms with Crippen molar-refractivity contribution >= 4 is 11.7 Å². The van der Waals surface area contributed by atoms with Crippen molar-refractivity contribution < 1.29 is 22.7 Å². The lowest BCUT2D eigenvalue weighted by Crippen LogP contribution is -2.45. The quantitative estimate of drug-likeness (QED) is 0.779. The van der Waals surface area contributed by atoms with E-state index >= 15 is 0 Å². The summed E-state index contributed by atoms with van der Waals surface area (Å²) >= 11 is 0. The molecule has 2 aliphatic heterocycles. The van der Waals surface area contributed by atoms with E-state index in [1.807, 2.05) is 0 Å². The number of benzene rings is 2. The van der Waals surface area contributed by atoms with Gasteiger partial charge >= 0.3 is 6.03 Å². The molecular weight excluding hydrogens is 345 g/mol. The van der Waals surface area contributed by atoms with Gasteiger partial charge in [-0.25, -0.2) is 18.0 Å². The first-order valence-electron chi connectivity index (χ1n) is 8.35. The monoisotopic (exact) mass is 362 g/mol. The van der Waals surface area contributed by atoms with E-state index in [-0.39, 0.29) is 24.0 Å². The van der Waals surface area contributed by atoms with Gasteiger partial charge in [0.15, 0.2) is 0 Å². The fourth-order valence-corrected chi connectivity index (χ4v) is 3.56. The molecule has 0 bridgehead atoms. The number of anilines is 1. The predicted molar refractivity (Wildman–Crippen MR) is 89.3 cm³/mol. The molecule has 0 aliphatic carbocycles. The number of epoxide rings is 1. The molecule has 4 rings (SSSR count). The van der Waals surface area contributed by atoms with Crippen LogP contribution in [0.3, 0.4) is 0 Å². The van der Waals surface area contributed by atoms with Gasteiger partial charge < -0.3 is 9.64 Å². The summed E-state index contributed by atoms with van der Waals surface area (Å²) in [6.07, 6.45) is 0. The first kappa shape index (κ1) is 16.9. The smallest absolute Gasteiger partial charge is 0.324 e. The maximum atomic E-state index is 14.2. The third kappa shape index (κ3) is 2.63. The maximum absolute atomic E-state index is 14.2. The number of hydrogen-bond donors (Lipinski definition) is 0. The summed E-state index contributed by atoms with van der Waals surface area (Å²) in [4.78, 5) is 16.0.